The lowest BCUT2D eigenvalue weighted by Gasteiger charge is -2.25. The molecule has 0 saturated carbocycles. The van der Waals surface area contributed by atoms with Crippen molar-refractivity contribution in [2.24, 2.45) is 18.2 Å². The van der Waals surface area contributed by atoms with Crippen molar-refractivity contribution in [1.82, 2.24) is 9.78 Å². The summed E-state index contributed by atoms with van der Waals surface area (Å²) in [6, 6.07) is 1.81. The predicted octanol–water partition coefficient (Wildman–Crippen LogP) is 1.47. The topological polar surface area (TPSA) is 53.1 Å². The van der Waals surface area contributed by atoms with Crippen molar-refractivity contribution >= 4 is 0 Å². The average Bonchev–Trinajstić information content (AvgIpc) is 2.43. The van der Waals surface area contributed by atoms with Crippen LogP contribution in [-0.2, 0) is 7.05 Å². The first-order valence-corrected chi connectivity index (χ1v) is 4.69. The van der Waals surface area contributed by atoms with Gasteiger partial charge in [0, 0.05) is 13.1 Å². The number of nitrogens with two attached hydrogens (primary N) is 1. The highest BCUT2D eigenvalue weighted by Crippen LogP contribution is 2.30. The fourth-order valence-electron chi connectivity index (χ4n) is 1.26. The molecule has 0 aromatic carbocycles. The summed E-state index contributed by atoms with van der Waals surface area (Å²) in [5.41, 5.74) is 6.96. The second-order valence-corrected chi connectivity index (χ2v) is 4.58. The summed E-state index contributed by atoms with van der Waals surface area (Å²) < 4.78 is 6.83. The quantitative estimate of drug-likeness (QED) is 0.781. The second kappa shape index (κ2) is 3.61. The van der Waals surface area contributed by atoms with E-state index in [-0.39, 0.29) is 11.5 Å². The molecule has 0 amide bonds. The Kier molecular flexibility index (Phi) is 2.85. The van der Waals surface area contributed by atoms with Crippen LogP contribution in [0.25, 0.3) is 0 Å². The molecule has 0 aliphatic heterocycles. The van der Waals surface area contributed by atoms with Crippen LogP contribution in [0.5, 0.6) is 5.88 Å². The van der Waals surface area contributed by atoms with E-state index in [4.69, 9.17) is 10.5 Å². The number of rotatable bonds is 2. The molecule has 0 aliphatic rings. The second-order valence-electron chi connectivity index (χ2n) is 4.58. The van der Waals surface area contributed by atoms with Crippen LogP contribution in [0.2, 0.25) is 0 Å². The van der Waals surface area contributed by atoms with Crippen LogP contribution in [-0.4, -0.2) is 16.9 Å². The van der Waals surface area contributed by atoms with Gasteiger partial charge in [-0.15, -0.1) is 0 Å². The number of ether oxygens (including phenoxy) is 1. The molecule has 1 rings (SSSR count). The Balaban J connectivity index is 2.97. The van der Waals surface area contributed by atoms with Crippen molar-refractivity contribution in [3.8, 4) is 5.88 Å². The summed E-state index contributed by atoms with van der Waals surface area (Å²) in [6.07, 6.45) is 0. The molecular formula is C10H19N3O. The Morgan fingerprint density at radius 3 is 2.43 bits per heavy atom. The molecule has 0 aliphatic carbocycles. The van der Waals surface area contributed by atoms with Crippen LogP contribution in [0.15, 0.2) is 6.07 Å². The van der Waals surface area contributed by atoms with Crippen LogP contribution < -0.4 is 10.5 Å². The van der Waals surface area contributed by atoms with Crippen molar-refractivity contribution in [1.29, 1.82) is 0 Å². The SMILES string of the molecule is COc1cc(C(N)C(C)(C)C)nn1C. The molecular weight excluding hydrogens is 178 g/mol. The third kappa shape index (κ3) is 2.07. The van der Waals surface area contributed by atoms with E-state index in [0.29, 0.717) is 0 Å². The molecule has 80 valence electrons. The number of nitrogens with zero attached hydrogens (tertiary/aromatic N) is 2. The van der Waals surface area contributed by atoms with E-state index in [9.17, 15) is 0 Å². The molecule has 0 bridgehead atoms. The van der Waals surface area contributed by atoms with Gasteiger partial charge in [-0.2, -0.15) is 5.10 Å². The lowest BCUT2D eigenvalue weighted by molar-refractivity contribution is 0.319. The Morgan fingerprint density at radius 1 is 1.50 bits per heavy atom. The van der Waals surface area contributed by atoms with Crippen molar-refractivity contribution < 1.29 is 4.74 Å². The third-order valence-electron chi connectivity index (χ3n) is 2.32. The maximum atomic E-state index is 6.08. The lowest BCUT2D eigenvalue weighted by atomic mass is 9.85. The average molecular weight is 197 g/mol. The van der Waals surface area contributed by atoms with Gasteiger partial charge in [0.15, 0.2) is 0 Å². The van der Waals surface area contributed by atoms with Crippen LogP contribution in [0, 0.1) is 5.41 Å². The lowest BCUT2D eigenvalue weighted by Crippen LogP contribution is -2.26. The van der Waals surface area contributed by atoms with Crippen molar-refractivity contribution in [2.45, 2.75) is 26.8 Å². The molecule has 1 aromatic rings. The van der Waals surface area contributed by atoms with Gasteiger partial charge in [-0.05, 0) is 5.41 Å². The minimum Gasteiger partial charge on any atom is -0.481 e. The van der Waals surface area contributed by atoms with E-state index in [1.54, 1.807) is 11.8 Å². The monoisotopic (exact) mass is 197 g/mol. The summed E-state index contributed by atoms with van der Waals surface area (Å²) in [5.74, 6) is 0.736. The van der Waals surface area contributed by atoms with Gasteiger partial charge in [0.2, 0.25) is 5.88 Å². The highest BCUT2D eigenvalue weighted by atomic mass is 16.5. The third-order valence-corrected chi connectivity index (χ3v) is 2.32. The summed E-state index contributed by atoms with van der Waals surface area (Å²) in [4.78, 5) is 0. The van der Waals surface area contributed by atoms with Gasteiger partial charge in [-0.1, -0.05) is 20.8 Å². The molecule has 4 heteroatoms. The molecule has 1 atom stereocenters. The first-order valence-electron chi connectivity index (χ1n) is 4.69. The van der Waals surface area contributed by atoms with Gasteiger partial charge < -0.3 is 10.5 Å². The van der Waals surface area contributed by atoms with E-state index < -0.39 is 0 Å². The van der Waals surface area contributed by atoms with Gasteiger partial charge in [-0.3, -0.25) is 0 Å². The Labute approximate surface area is 85.0 Å². The highest BCUT2D eigenvalue weighted by Gasteiger charge is 2.25. The smallest absolute Gasteiger partial charge is 0.211 e. The zero-order chi connectivity index (χ0) is 10.9. The van der Waals surface area contributed by atoms with Gasteiger partial charge in [0.1, 0.15) is 0 Å². The van der Waals surface area contributed by atoms with Gasteiger partial charge in [-0.25, -0.2) is 4.68 Å². The van der Waals surface area contributed by atoms with Gasteiger partial charge >= 0.3 is 0 Å². The molecule has 0 saturated heterocycles. The number of hydrogen-bond donors (Lipinski definition) is 1. The van der Waals surface area contributed by atoms with E-state index in [1.807, 2.05) is 13.1 Å². The summed E-state index contributed by atoms with van der Waals surface area (Å²) in [5, 5.41) is 4.31. The zero-order valence-electron chi connectivity index (χ0n) is 9.53. The van der Waals surface area contributed by atoms with Crippen LogP contribution in [0.1, 0.15) is 32.5 Å². The van der Waals surface area contributed by atoms with Crippen molar-refractivity contribution in [3.05, 3.63) is 11.8 Å². The normalized spacial score (nSPS) is 14.1. The van der Waals surface area contributed by atoms with Crippen molar-refractivity contribution in [3.63, 3.8) is 0 Å². The maximum Gasteiger partial charge on any atom is 0.211 e. The number of hydrogen-bond acceptors (Lipinski definition) is 3. The van der Waals surface area contributed by atoms with E-state index >= 15 is 0 Å². The first-order chi connectivity index (χ1) is 6.36. The van der Waals surface area contributed by atoms with E-state index in [2.05, 4.69) is 25.9 Å². The fraction of sp³-hybridized carbons (Fsp3) is 0.700. The van der Waals surface area contributed by atoms with Crippen molar-refractivity contribution in [2.75, 3.05) is 7.11 Å². The van der Waals surface area contributed by atoms with Crippen LogP contribution in [0.4, 0.5) is 0 Å². The molecule has 0 fully saturated rings. The molecule has 2 N–H and O–H groups in total. The number of methoxy groups -OCH3 is 1. The minimum absolute atomic E-state index is 0.0133. The zero-order valence-corrected chi connectivity index (χ0v) is 9.53. The van der Waals surface area contributed by atoms with Crippen LogP contribution >= 0.6 is 0 Å². The molecule has 4 nitrogen and oxygen atoms in total. The Morgan fingerprint density at radius 2 is 2.07 bits per heavy atom. The summed E-state index contributed by atoms with van der Waals surface area (Å²) >= 11 is 0. The molecule has 1 unspecified atom stereocenters. The summed E-state index contributed by atoms with van der Waals surface area (Å²) in [6.45, 7) is 6.29. The van der Waals surface area contributed by atoms with E-state index in [0.717, 1.165) is 11.6 Å². The predicted molar refractivity (Wildman–Crippen MR) is 56.1 cm³/mol. The van der Waals surface area contributed by atoms with Crippen LogP contribution in [0.3, 0.4) is 0 Å². The molecule has 0 radical (unpaired) electrons. The molecule has 1 aromatic heterocycles. The number of aromatic nitrogens is 2. The summed E-state index contributed by atoms with van der Waals surface area (Å²) in [7, 11) is 3.47. The standard InChI is InChI=1S/C10H19N3O/c1-10(2,3)9(11)7-6-8(14-5)13(4)12-7/h6,9H,11H2,1-5H3. The van der Waals surface area contributed by atoms with E-state index in [1.165, 1.54) is 0 Å². The Bertz CT molecular complexity index is 312. The van der Waals surface area contributed by atoms with Gasteiger partial charge in [0.05, 0.1) is 18.8 Å². The minimum atomic E-state index is -0.0717. The maximum absolute atomic E-state index is 6.08. The molecule has 0 spiro atoms. The first kappa shape index (κ1) is 11.0. The molecule has 1 heterocycles. The largest absolute Gasteiger partial charge is 0.481 e. The highest BCUT2D eigenvalue weighted by molar-refractivity contribution is 5.19. The van der Waals surface area contributed by atoms with Gasteiger partial charge in [0.25, 0.3) is 0 Å². The Hall–Kier alpha value is -1.03. The molecule has 14 heavy (non-hydrogen) atoms. The fourth-order valence-corrected chi connectivity index (χ4v) is 1.26. The number of aryl methyl sites for hydroxylation is 1.